The SMILES string of the molecule is CCC1OC(OC(=O)c2ccccc2)C(OC(=O)c2ccccc2)C1(C)CC.CCC1OC(n2cnc3c(Cl)nc(Cl)nc32)C(OC(=O)c2ccccc2)C1(C)CC. The summed E-state index contributed by atoms with van der Waals surface area (Å²) in [6, 6.07) is 26.4. The van der Waals surface area contributed by atoms with Crippen LogP contribution in [0.25, 0.3) is 11.2 Å². The first kappa shape index (κ1) is 42.7. The number of imidazole rings is 1. The lowest BCUT2D eigenvalue weighted by atomic mass is 9.77. The molecular formula is C44H48Cl2N4O8. The minimum Gasteiger partial charge on any atom is -0.453 e. The van der Waals surface area contributed by atoms with Gasteiger partial charge in [-0.25, -0.2) is 24.4 Å². The molecule has 8 unspecified atom stereocenters. The lowest BCUT2D eigenvalue weighted by Gasteiger charge is -2.33. The molecule has 0 radical (unpaired) electrons. The van der Waals surface area contributed by atoms with Gasteiger partial charge < -0.3 is 23.7 Å². The first-order chi connectivity index (χ1) is 27.9. The Hall–Kier alpha value is -4.88. The maximum absolute atomic E-state index is 12.9. The third-order valence-corrected chi connectivity index (χ3v) is 11.9. The maximum Gasteiger partial charge on any atom is 0.340 e. The smallest absolute Gasteiger partial charge is 0.340 e. The number of carbonyl (C=O) groups is 3. The molecule has 0 bridgehead atoms. The van der Waals surface area contributed by atoms with E-state index in [0.717, 1.165) is 25.7 Å². The summed E-state index contributed by atoms with van der Waals surface area (Å²) in [5, 5.41) is 0.167. The van der Waals surface area contributed by atoms with Gasteiger partial charge in [0.1, 0.15) is 5.52 Å². The molecule has 7 rings (SSSR count). The molecule has 8 atom stereocenters. The second-order valence-corrected chi connectivity index (χ2v) is 15.5. The maximum atomic E-state index is 12.9. The highest BCUT2D eigenvalue weighted by atomic mass is 35.5. The molecule has 2 aliphatic rings. The lowest BCUT2D eigenvalue weighted by Crippen LogP contribution is -2.42. The van der Waals surface area contributed by atoms with E-state index in [9.17, 15) is 14.4 Å². The van der Waals surface area contributed by atoms with Crippen LogP contribution in [0.4, 0.5) is 0 Å². The van der Waals surface area contributed by atoms with Crippen molar-refractivity contribution >= 4 is 52.3 Å². The predicted molar refractivity (Wildman–Crippen MR) is 218 cm³/mol. The minimum atomic E-state index is -0.949. The topological polar surface area (TPSA) is 141 Å². The molecule has 0 amide bonds. The second kappa shape index (κ2) is 18.4. The van der Waals surface area contributed by atoms with Crippen molar-refractivity contribution in [1.29, 1.82) is 0 Å². The van der Waals surface area contributed by atoms with E-state index in [-0.39, 0.29) is 22.6 Å². The largest absolute Gasteiger partial charge is 0.453 e. The Morgan fingerprint density at radius 1 is 0.655 bits per heavy atom. The van der Waals surface area contributed by atoms with Gasteiger partial charge in [-0.05, 0) is 73.7 Å². The van der Waals surface area contributed by atoms with Crippen molar-refractivity contribution < 1.29 is 38.1 Å². The van der Waals surface area contributed by atoms with Crippen LogP contribution in [0.5, 0.6) is 0 Å². The molecule has 0 saturated carbocycles. The van der Waals surface area contributed by atoms with Crippen LogP contribution in [0.3, 0.4) is 0 Å². The van der Waals surface area contributed by atoms with Crippen LogP contribution < -0.4 is 0 Å². The summed E-state index contributed by atoms with van der Waals surface area (Å²) in [6.07, 6.45) is 1.42. The van der Waals surface area contributed by atoms with Gasteiger partial charge in [0, 0.05) is 10.8 Å². The number of halogens is 2. The average Bonchev–Trinajstić information content (AvgIpc) is 3.88. The van der Waals surface area contributed by atoms with E-state index >= 15 is 0 Å². The molecular weight excluding hydrogens is 783 g/mol. The molecule has 2 fully saturated rings. The number of esters is 3. The van der Waals surface area contributed by atoms with Crippen LogP contribution in [0.2, 0.25) is 10.4 Å². The van der Waals surface area contributed by atoms with Gasteiger partial charge in [-0.2, -0.15) is 4.98 Å². The van der Waals surface area contributed by atoms with Crippen molar-refractivity contribution in [3.63, 3.8) is 0 Å². The van der Waals surface area contributed by atoms with Gasteiger partial charge in [0.25, 0.3) is 0 Å². The van der Waals surface area contributed by atoms with Gasteiger partial charge in [0.2, 0.25) is 11.6 Å². The van der Waals surface area contributed by atoms with Crippen molar-refractivity contribution in [3.8, 4) is 0 Å². The van der Waals surface area contributed by atoms with Gasteiger partial charge in [-0.1, -0.05) is 108 Å². The molecule has 4 heterocycles. The second-order valence-electron chi connectivity index (χ2n) is 14.8. The number of aromatic nitrogens is 4. The number of nitrogens with zero attached hydrogens (tertiary/aromatic N) is 4. The first-order valence-corrected chi connectivity index (χ1v) is 20.3. The van der Waals surface area contributed by atoms with Crippen LogP contribution >= 0.6 is 23.2 Å². The highest BCUT2D eigenvalue weighted by Gasteiger charge is 2.57. The molecule has 306 valence electrons. The number of rotatable bonds is 11. The number of hydrogen-bond donors (Lipinski definition) is 0. The number of benzene rings is 3. The quantitative estimate of drug-likeness (QED) is 0.0544. The van der Waals surface area contributed by atoms with Crippen molar-refractivity contribution in [2.75, 3.05) is 0 Å². The predicted octanol–water partition coefficient (Wildman–Crippen LogP) is 9.70. The standard InChI is InChI=1S/C23H26O5.C21H22Cl2N4O3/c1-4-18-23(3,5-2)19(27-20(24)16-12-8-6-9-13-16)22(26-18)28-21(25)17-14-10-7-11-15-17;1-4-13-21(3,5-2)15(30-19(28)12-9-7-6-8-10-12)18(29-13)27-11-24-14-16(22)25-20(23)26-17(14)27/h6-15,18-19,22H,4-5H2,1-3H3;6-11,13,15,18H,4-5H2,1-3H3. The molecule has 0 N–H and O–H groups in total. The zero-order chi connectivity index (χ0) is 41.6. The van der Waals surface area contributed by atoms with Crippen LogP contribution in [0, 0.1) is 10.8 Å². The van der Waals surface area contributed by atoms with E-state index in [1.54, 1.807) is 83.7 Å². The molecule has 2 saturated heterocycles. The van der Waals surface area contributed by atoms with Crippen molar-refractivity contribution in [2.24, 2.45) is 10.8 Å². The van der Waals surface area contributed by atoms with Gasteiger partial charge >= 0.3 is 17.9 Å². The molecule has 12 nitrogen and oxygen atoms in total. The molecule has 58 heavy (non-hydrogen) atoms. The molecule has 0 spiro atoms. The minimum absolute atomic E-state index is 0.00960. The zero-order valence-electron chi connectivity index (χ0n) is 33.3. The van der Waals surface area contributed by atoms with Gasteiger partial charge in [0.05, 0.1) is 35.2 Å². The fourth-order valence-corrected chi connectivity index (χ4v) is 8.18. The van der Waals surface area contributed by atoms with E-state index in [2.05, 4.69) is 35.7 Å². The van der Waals surface area contributed by atoms with Crippen LogP contribution in [0.15, 0.2) is 97.3 Å². The molecule has 3 aromatic carbocycles. The molecule has 2 aliphatic heterocycles. The van der Waals surface area contributed by atoms with E-state index in [1.807, 2.05) is 39.0 Å². The van der Waals surface area contributed by atoms with Crippen molar-refractivity contribution in [2.45, 2.75) is 104 Å². The van der Waals surface area contributed by atoms with E-state index < -0.39 is 53.5 Å². The van der Waals surface area contributed by atoms with Crippen LogP contribution in [-0.2, 0) is 23.7 Å². The summed E-state index contributed by atoms with van der Waals surface area (Å²) >= 11 is 12.2. The van der Waals surface area contributed by atoms with Crippen molar-refractivity contribution in [3.05, 3.63) is 124 Å². The Morgan fingerprint density at radius 3 is 1.59 bits per heavy atom. The Morgan fingerprint density at radius 2 is 1.10 bits per heavy atom. The Labute approximate surface area is 348 Å². The summed E-state index contributed by atoms with van der Waals surface area (Å²) < 4.78 is 31.7. The molecule has 2 aromatic heterocycles. The van der Waals surface area contributed by atoms with Gasteiger partial charge in [-0.15, -0.1) is 0 Å². The van der Waals surface area contributed by atoms with Crippen LogP contribution in [-0.4, -0.2) is 68.1 Å². The lowest BCUT2D eigenvalue weighted by molar-refractivity contribution is -0.136. The summed E-state index contributed by atoms with van der Waals surface area (Å²) in [6.45, 7) is 12.3. The monoisotopic (exact) mass is 830 g/mol. The highest BCUT2D eigenvalue weighted by molar-refractivity contribution is 6.35. The first-order valence-electron chi connectivity index (χ1n) is 19.5. The molecule has 14 heteroatoms. The fraction of sp³-hybridized carbons (Fsp3) is 0.409. The number of ether oxygens (including phenoxy) is 5. The third kappa shape index (κ3) is 8.61. The average molecular weight is 832 g/mol. The number of carbonyl (C=O) groups excluding carboxylic acids is 3. The van der Waals surface area contributed by atoms with Crippen LogP contribution in [0.1, 0.15) is 105 Å². The molecule has 0 aliphatic carbocycles. The Kier molecular flexibility index (Phi) is 13.5. The normalized spacial score (nSPS) is 26.4. The fourth-order valence-electron chi connectivity index (χ4n) is 7.76. The number of hydrogen-bond acceptors (Lipinski definition) is 11. The zero-order valence-corrected chi connectivity index (χ0v) is 34.9. The summed E-state index contributed by atoms with van der Waals surface area (Å²) in [4.78, 5) is 50.7. The Bertz CT molecular complexity index is 2190. The third-order valence-electron chi connectivity index (χ3n) is 11.5. The van der Waals surface area contributed by atoms with E-state index in [1.165, 1.54) is 0 Å². The van der Waals surface area contributed by atoms with E-state index in [4.69, 9.17) is 46.9 Å². The van der Waals surface area contributed by atoms with Gasteiger partial charge in [0.15, 0.2) is 29.2 Å². The highest BCUT2D eigenvalue weighted by Crippen LogP contribution is 2.50. The van der Waals surface area contributed by atoms with Gasteiger partial charge in [-0.3, -0.25) is 4.57 Å². The molecule has 5 aromatic rings. The summed E-state index contributed by atoms with van der Waals surface area (Å²) in [5.74, 6) is -1.35. The number of fused-ring (bicyclic) bond motifs is 1. The Balaban J connectivity index is 0.000000196. The summed E-state index contributed by atoms with van der Waals surface area (Å²) in [5.41, 5.74) is 1.35. The summed E-state index contributed by atoms with van der Waals surface area (Å²) in [7, 11) is 0. The van der Waals surface area contributed by atoms with E-state index in [0.29, 0.717) is 27.9 Å². The van der Waals surface area contributed by atoms with Crippen molar-refractivity contribution in [1.82, 2.24) is 19.5 Å².